The van der Waals surface area contributed by atoms with Crippen molar-refractivity contribution in [3.8, 4) is 0 Å². The van der Waals surface area contributed by atoms with Crippen LogP contribution in [0.5, 0.6) is 0 Å². The van der Waals surface area contributed by atoms with Gasteiger partial charge in [-0.1, -0.05) is 48.9 Å². The van der Waals surface area contributed by atoms with Crippen LogP contribution in [-0.2, 0) is 12.0 Å². The minimum atomic E-state index is -0.130. The SMILES string of the molecule is Cc1ccc2c(c1)c1c3n2C(=O)CC(C)(c2ccccc2)CC3CN(C)C1. The number of carbonyl (C=O) groups excluding carboxylic acids is 1. The lowest BCUT2D eigenvalue weighted by atomic mass is 9.72. The van der Waals surface area contributed by atoms with Gasteiger partial charge in [0, 0.05) is 41.9 Å². The highest BCUT2D eigenvalue weighted by atomic mass is 16.2. The molecule has 27 heavy (non-hydrogen) atoms. The molecule has 1 aromatic heterocycles. The van der Waals surface area contributed by atoms with Gasteiger partial charge in [-0.2, -0.15) is 0 Å². The predicted octanol–water partition coefficient (Wildman–Crippen LogP) is 4.87. The number of aryl methyl sites for hydroxylation is 1. The second kappa shape index (κ2) is 5.80. The number of likely N-dealkylation sites (N-methyl/N-ethyl adjacent to an activating group) is 1. The van der Waals surface area contributed by atoms with Gasteiger partial charge in [0.05, 0.1) is 5.52 Å². The first-order valence-electron chi connectivity index (χ1n) is 9.87. The van der Waals surface area contributed by atoms with Crippen LogP contribution in [0.4, 0.5) is 0 Å². The van der Waals surface area contributed by atoms with Crippen molar-refractivity contribution in [2.75, 3.05) is 13.6 Å². The Morgan fingerprint density at radius 2 is 1.89 bits per heavy atom. The Bertz CT molecular complexity index is 1050. The Morgan fingerprint density at radius 3 is 2.67 bits per heavy atom. The van der Waals surface area contributed by atoms with Crippen LogP contribution in [0.3, 0.4) is 0 Å². The van der Waals surface area contributed by atoms with Crippen molar-refractivity contribution in [2.24, 2.45) is 0 Å². The number of benzene rings is 2. The maximum absolute atomic E-state index is 13.5. The maximum atomic E-state index is 13.5. The van der Waals surface area contributed by atoms with Gasteiger partial charge in [-0.25, -0.2) is 0 Å². The Morgan fingerprint density at radius 1 is 1.11 bits per heavy atom. The fourth-order valence-electron chi connectivity index (χ4n) is 5.40. The fraction of sp³-hybridized carbons (Fsp3) is 0.375. The van der Waals surface area contributed by atoms with E-state index in [1.54, 1.807) is 0 Å². The average molecular weight is 358 g/mol. The minimum absolute atomic E-state index is 0.130. The molecule has 0 aliphatic carbocycles. The standard InChI is InChI=1S/C24H26N2O/c1-16-9-10-21-19(11-16)20-15-25(3)14-17-12-24(2,18-7-5-4-6-8-18)13-22(27)26(21)23(17)20/h4-11,17H,12-15H2,1-3H3. The molecule has 0 saturated heterocycles. The van der Waals surface area contributed by atoms with Crippen LogP contribution in [0.15, 0.2) is 48.5 Å². The van der Waals surface area contributed by atoms with E-state index < -0.39 is 0 Å². The van der Waals surface area contributed by atoms with Crippen molar-refractivity contribution in [3.63, 3.8) is 0 Å². The molecule has 0 saturated carbocycles. The quantitative estimate of drug-likeness (QED) is 0.620. The van der Waals surface area contributed by atoms with Crippen molar-refractivity contribution in [1.29, 1.82) is 0 Å². The summed E-state index contributed by atoms with van der Waals surface area (Å²) in [5.41, 5.74) is 6.13. The van der Waals surface area contributed by atoms with E-state index in [2.05, 4.69) is 78.9 Å². The van der Waals surface area contributed by atoms with Gasteiger partial charge >= 0.3 is 0 Å². The van der Waals surface area contributed by atoms with Gasteiger partial charge in [-0.15, -0.1) is 0 Å². The van der Waals surface area contributed by atoms with E-state index in [1.807, 2.05) is 0 Å². The van der Waals surface area contributed by atoms with Gasteiger partial charge in [0.15, 0.2) is 0 Å². The van der Waals surface area contributed by atoms with Crippen LogP contribution >= 0.6 is 0 Å². The molecule has 5 rings (SSSR count). The summed E-state index contributed by atoms with van der Waals surface area (Å²) < 4.78 is 2.07. The number of hydrogen-bond donors (Lipinski definition) is 0. The topological polar surface area (TPSA) is 25.2 Å². The molecule has 0 fully saturated rings. The van der Waals surface area contributed by atoms with Gasteiger partial charge in [0.25, 0.3) is 0 Å². The largest absolute Gasteiger partial charge is 0.301 e. The van der Waals surface area contributed by atoms with Crippen molar-refractivity contribution in [2.45, 2.75) is 44.6 Å². The maximum Gasteiger partial charge on any atom is 0.232 e. The number of nitrogens with zero attached hydrogens (tertiary/aromatic N) is 2. The van der Waals surface area contributed by atoms with E-state index in [1.165, 1.54) is 27.8 Å². The third-order valence-electron chi connectivity index (χ3n) is 6.57. The molecule has 2 aromatic carbocycles. The first-order valence-corrected chi connectivity index (χ1v) is 9.87. The van der Waals surface area contributed by atoms with Gasteiger partial charge in [0.1, 0.15) is 0 Å². The molecule has 2 atom stereocenters. The number of carbonyl (C=O) groups is 1. The summed E-state index contributed by atoms with van der Waals surface area (Å²) in [5, 5.41) is 1.26. The Kier molecular flexibility index (Phi) is 3.60. The Balaban J connectivity index is 1.74. The van der Waals surface area contributed by atoms with E-state index in [0.29, 0.717) is 12.3 Å². The van der Waals surface area contributed by atoms with E-state index in [9.17, 15) is 4.79 Å². The minimum Gasteiger partial charge on any atom is -0.301 e. The normalized spacial score (nSPS) is 25.4. The predicted molar refractivity (Wildman–Crippen MR) is 109 cm³/mol. The van der Waals surface area contributed by atoms with Gasteiger partial charge < -0.3 is 4.90 Å². The lowest BCUT2D eigenvalue weighted by molar-refractivity contribution is 0.0882. The molecular formula is C24H26N2O. The number of rotatable bonds is 1. The first-order chi connectivity index (χ1) is 13.0. The molecule has 0 amide bonds. The number of fused-ring (bicyclic) bond motifs is 3. The third-order valence-corrected chi connectivity index (χ3v) is 6.57. The number of aromatic nitrogens is 1. The summed E-state index contributed by atoms with van der Waals surface area (Å²) in [6.45, 7) is 6.34. The molecule has 3 nitrogen and oxygen atoms in total. The van der Waals surface area contributed by atoms with E-state index in [0.717, 1.165) is 25.0 Å². The molecule has 3 heterocycles. The van der Waals surface area contributed by atoms with Gasteiger partial charge in [-0.3, -0.25) is 9.36 Å². The molecule has 2 unspecified atom stereocenters. The first kappa shape index (κ1) is 16.8. The average Bonchev–Trinajstić information content (AvgIpc) is 2.90. The Labute approximate surface area is 160 Å². The van der Waals surface area contributed by atoms with Crippen LogP contribution < -0.4 is 0 Å². The molecule has 2 aliphatic rings. The van der Waals surface area contributed by atoms with E-state index >= 15 is 0 Å². The summed E-state index contributed by atoms with van der Waals surface area (Å²) in [4.78, 5) is 15.9. The summed E-state index contributed by atoms with van der Waals surface area (Å²) in [5.74, 6) is 0.617. The van der Waals surface area contributed by atoms with Crippen LogP contribution in [-0.4, -0.2) is 29.0 Å². The van der Waals surface area contributed by atoms with Crippen molar-refractivity contribution >= 4 is 16.8 Å². The van der Waals surface area contributed by atoms with Crippen LogP contribution in [0.25, 0.3) is 10.9 Å². The molecule has 0 N–H and O–H groups in total. The molecule has 0 bridgehead atoms. The van der Waals surface area contributed by atoms with Crippen molar-refractivity contribution < 1.29 is 4.79 Å². The molecule has 3 heteroatoms. The molecule has 138 valence electrons. The summed E-state index contributed by atoms with van der Waals surface area (Å²) in [6, 6.07) is 17.1. The molecule has 0 radical (unpaired) electrons. The van der Waals surface area contributed by atoms with Crippen molar-refractivity contribution in [3.05, 3.63) is 70.9 Å². The zero-order chi connectivity index (χ0) is 18.8. The third kappa shape index (κ3) is 2.49. The summed E-state index contributed by atoms with van der Waals surface area (Å²) in [6.07, 6.45) is 1.57. The van der Waals surface area contributed by atoms with Crippen molar-refractivity contribution in [1.82, 2.24) is 9.47 Å². The zero-order valence-electron chi connectivity index (χ0n) is 16.3. The van der Waals surface area contributed by atoms with Crippen LogP contribution in [0.2, 0.25) is 0 Å². The summed E-state index contributed by atoms with van der Waals surface area (Å²) in [7, 11) is 2.20. The fourth-order valence-corrected chi connectivity index (χ4v) is 5.40. The highest BCUT2D eigenvalue weighted by Crippen LogP contribution is 2.46. The lowest BCUT2D eigenvalue weighted by Crippen LogP contribution is -2.33. The Hall–Kier alpha value is -2.39. The zero-order valence-corrected chi connectivity index (χ0v) is 16.3. The highest BCUT2D eigenvalue weighted by Gasteiger charge is 2.42. The van der Waals surface area contributed by atoms with E-state index in [-0.39, 0.29) is 11.3 Å². The smallest absolute Gasteiger partial charge is 0.232 e. The lowest BCUT2D eigenvalue weighted by Gasteiger charge is -2.35. The second-order valence-electron chi connectivity index (χ2n) is 8.81. The second-order valence-corrected chi connectivity index (χ2v) is 8.81. The highest BCUT2D eigenvalue weighted by molar-refractivity contribution is 5.97. The molecule has 0 spiro atoms. The van der Waals surface area contributed by atoms with E-state index in [4.69, 9.17) is 0 Å². The summed E-state index contributed by atoms with van der Waals surface area (Å²) >= 11 is 0. The molecule has 2 aliphatic heterocycles. The van der Waals surface area contributed by atoms with Crippen LogP contribution in [0.1, 0.15) is 52.9 Å². The monoisotopic (exact) mass is 358 g/mol. The number of hydrogen-bond acceptors (Lipinski definition) is 2. The molecular weight excluding hydrogens is 332 g/mol. The van der Waals surface area contributed by atoms with Crippen LogP contribution in [0, 0.1) is 6.92 Å². The van der Waals surface area contributed by atoms with Gasteiger partial charge in [0.2, 0.25) is 5.91 Å². The molecule has 3 aromatic rings. The van der Waals surface area contributed by atoms with Gasteiger partial charge in [-0.05, 0) is 43.7 Å².